The van der Waals surface area contributed by atoms with Crippen LogP contribution < -0.4 is 34.5 Å². The first-order chi connectivity index (χ1) is 25.1. The van der Waals surface area contributed by atoms with Gasteiger partial charge in [0, 0.05) is 6.07 Å². The molecule has 2 bridgehead atoms. The van der Waals surface area contributed by atoms with E-state index in [2.05, 4.69) is 0 Å². The maximum absolute atomic E-state index is 14.4. The highest BCUT2D eigenvalue weighted by molar-refractivity contribution is 5.88. The molecule has 0 N–H and O–H groups in total. The Labute approximate surface area is 295 Å². The van der Waals surface area contributed by atoms with Gasteiger partial charge in [0.15, 0.2) is 28.4 Å². The van der Waals surface area contributed by atoms with Gasteiger partial charge in [-0.05, 0) is 46.0 Å². The Morgan fingerprint density at radius 2 is 0.980 bits per heavy atom. The van der Waals surface area contributed by atoms with Gasteiger partial charge in [0.2, 0.25) is 11.0 Å². The second-order valence-corrected chi connectivity index (χ2v) is 11.9. The lowest BCUT2D eigenvalue weighted by Gasteiger charge is -2.18. The maximum atomic E-state index is 14.4. The fourth-order valence-electron chi connectivity index (χ4n) is 5.62. The third-order valence-corrected chi connectivity index (χ3v) is 8.25. The van der Waals surface area contributed by atoms with E-state index in [1.807, 2.05) is 133 Å². The molecule has 0 aliphatic heterocycles. The molecule has 51 heavy (non-hydrogen) atoms. The van der Waals surface area contributed by atoms with Gasteiger partial charge in [-0.1, -0.05) is 127 Å². The van der Waals surface area contributed by atoms with Gasteiger partial charge in [-0.15, -0.1) is 0 Å². The third-order valence-electron chi connectivity index (χ3n) is 8.25. The lowest BCUT2D eigenvalue weighted by atomic mass is 10.1. The summed E-state index contributed by atoms with van der Waals surface area (Å²) in [6.07, 6.45) is 1.68. The molecule has 254 valence electrons. The predicted molar refractivity (Wildman–Crippen MR) is 197 cm³/mol. The topological polar surface area (TPSA) is 76.4 Å². The average Bonchev–Trinajstić information content (AvgIpc) is 3.19. The van der Waals surface area contributed by atoms with Crippen LogP contribution in [-0.4, -0.2) is 7.11 Å². The van der Waals surface area contributed by atoms with Crippen LogP contribution in [0.25, 0.3) is 17.0 Å². The lowest BCUT2D eigenvalue weighted by Crippen LogP contribution is -2.26. The fraction of sp³-hybridized carbons (Fsp3) is 0.114. The van der Waals surface area contributed by atoms with E-state index >= 15 is 0 Å². The van der Waals surface area contributed by atoms with E-state index in [1.165, 1.54) is 0 Å². The summed E-state index contributed by atoms with van der Waals surface area (Å²) in [7, 11) is 1.59. The summed E-state index contributed by atoms with van der Waals surface area (Å²) in [5.41, 5.74) is 4.54. The van der Waals surface area contributed by atoms with Crippen molar-refractivity contribution in [1.29, 1.82) is 0 Å². The van der Waals surface area contributed by atoms with Crippen LogP contribution in [0.1, 0.15) is 27.8 Å². The van der Waals surface area contributed by atoms with E-state index in [0.717, 1.165) is 22.3 Å². The summed E-state index contributed by atoms with van der Waals surface area (Å²) in [6, 6.07) is 46.4. The van der Waals surface area contributed by atoms with Crippen LogP contribution in [0.4, 0.5) is 0 Å². The van der Waals surface area contributed by atoms with E-state index in [1.54, 1.807) is 25.3 Å². The monoisotopic (exact) mass is 676 g/mol. The van der Waals surface area contributed by atoms with Crippen LogP contribution in [0, 0.1) is 0 Å². The van der Waals surface area contributed by atoms with Crippen molar-refractivity contribution in [2.75, 3.05) is 7.11 Å². The summed E-state index contributed by atoms with van der Waals surface area (Å²) in [5, 5.41) is 0.260. The molecule has 0 radical (unpaired) electrons. The zero-order valence-electron chi connectivity index (χ0n) is 28.1. The van der Waals surface area contributed by atoms with Gasteiger partial charge in [0.25, 0.3) is 0 Å². The van der Waals surface area contributed by atoms with E-state index in [-0.39, 0.29) is 41.8 Å². The van der Waals surface area contributed by atoms with Crippen molar-refractivity contribution in [3.8, 4) is 28.7 Å². The maximum Gasteiger partial charge on any atom is 0.235 e. The third kappa shape index (κ3) is 8.06. The van der Waals surface area contributed by atoms with Gasteiger partial charge in [0.1, 0.15) is 37.6 Å². The smallest absolute Gasteiger partial charge is 0.235 e. The molecule has 7 rings (SSSR count). The second-order valence-electron chi connectivity index (χ2n) is 11.9. The van der Waals surface area contributed by atoms with E-state index in [9.17, 15) is 4.79 Å². The van der Waals surface area contributed by atoms with Crippen molar-refractivity contribution in [2.24, 2.45) is 0 Å². The Bertz CT molecular complexity index is 2300. The molecule has 0 saturated heterocycles. The van der Waals surface area contributed by atoms with Crippen LogP contribution in [0.3, 0.4) is 0 Å². The van der Waals surface area contributed by atoms with Gasteiger partial charge in [-0.25, -0.2) is 0 Å². The van der Waals surface area contributed by atoms with Gasteiger partial charge >= 0.3 is 0 Å². The molecule has 0 unspecified atom stereocenters. The minimum atomic E-state index is -0.384. The Morgan fingerprint density at radius 3 is 1.49 bits per heavy atom. The normalized spacial score (nSPS) is 11.4. The van der Waals surface area contributed by atoms with E-state index in [0.29, 0.717) is 40.8 Å². The minimum absolute atomic E-state index is 0.0842. The highest BCUT2D eigenvalue weighted by Gasteiger charge is 2.24. The van der Waals surface area contributed by atoms with Gasteiger partial charge in [0.05, 0.1) is 7.11 Å². The molecular formula is C44H36O7. The molecule has 1 aromatic heterocycles. The van der Waals surface area contributed by atoms with Crippen molar-refractivity contribution in [3.05, 3.63) is 189 Å². The molecule has 7 heteroatoms. The molecule has 7 nitrogen and oxygen atoms in total. The summed E-state index contributed by atoms with van der Waals surface area (Å²) in [6.45, 7) is 1.05. The molecular weight excluding hydrogens is 640 g/mol. The van der Waals surface area contributed by atoms with Crippen molar-refractivity contribution >= 4 is 17.0 Å². The lowest BCUT2D eigenvalue weighted by molar-refractivity contribution is 0.275. The van der Waals surface area contributed by atoms with Crippen LogP contribution >= 0.6 is 0 Å². The SMILES string of the molecule is COc1ccc(C=c2oc3c(OCc4ccccc4)cc(OCc4ccccc4)c(c3OCc3ccccc3)c2=O)cc1OCc1ccccc1. The highest BCUT2D eigenvalue weighted by atomic mass is 16.5. The van der Waals surface area contributed by atoms with Crippen molar-refractivity contribution in [2.45, 2.75) is 26.4 Å². The average molecular weight is 677 g/mol. The Balaban J connectivity index is 1.34. The van der Waals surface area contributed by atoms with Crippen LogP contribution in [0.15, 0.2) is 155 Å². The van der Waals surface area contributed by atoms with Crippen molar-refractivity contribution in [3.63, 3.8) is 0 Å². The van der Waals surface area contributed by atoms with E-state index < -0.39 is 0 Å². The summed E-state index contributed by atoms with van der Waals surface area (Å²) < 4.78 is 37.3. The summed E-state index contributed by atoms with van der Waals surface area (Å²) in [4.78, 5) is 14.4. The Morgan fingerprint density at radius 1 is 0.510 bits per heavy atom. The molecule has 7 aromatic rings. The second kappa shape index (κ2) is 15.8. The number of hydrogen-bond donors (Lipinski definition) is 0. The number of hydrogen-bond acceptors (Lipinski definition) is 7. The molecule has 0 spiro atoms. The van der Waals surface area contributed by atoms with Gasteiger partial charge < -0.3 is 28.1 Å². The van der Waals surface area contributed by atoms with Crippen LogP contribution in [0.2, 0.25) is 0 Å². The predicted octanol–water partition coefficient (Wildman–Crippen LogP) is 8.67. The minimum Gasteiger partial charge on any atom is -0.493 e. The van der Waals surface area contributed by atoms with Crippen LogP contribution in [0.5, 0.6) is 28.7 Å². The Hall–Kier alpha value is -6.47. The summed E-state index contributed by atoms with van der Waals surface area (Å²) in [5.74, 6) is 2.07. The first-order valence-electron chi connectivity index (χ1n) is 16.6. The highest BCUT2D eigenvalue weighted by Crippen LogP contribution is 2.41. The number of methoxy groups -OCH3 is 1. The Kier molecular flexibility index (Phi) is 10.3. The molecule has 0 aliphatic carbocycles. The number of benzene rings is 6. The molecule has 0 fully saturated rings. The zero-order valence-corrected chi connectivity index (χ0v) is 28.1. The quantitative estimate of drug-likeness (QED) is 0.114. The standard InChI is InChI=1S/C44H36O7/c1-46-36-23-22-35(24-37(36)47-27-31-14-6-2-7-15-31)25-39-42(45)41-38(48-28-32-16-8-3-9-17-32)26-40(49-29-33-18-10-4-11-19-33)43(51-39)44(41)50-30-34-20-12-5-13-21-34/h2-26H,27-30H2,1H3. The van der Waals surface area contributed by atoms with Crippen molar-refractivity contribution < 1.29 is 28.1 Å². The fourth-order valence-corrected chi connectivity index (χ4v) is 5.62. The van der Waals surface area contributed by atoms with Crippen molar-refractivity contribution in [1.82, 2.24) is 0 Å². The van der Waals surface area contributed by atoms with Gasteiger partial charge in [-0.2, -0.15) is 0 Å². The molecule has 6 aromatic carbocycles. The van der Waals surface area contributed by atoms with E-state index in [4.69, 9.17) is 28.1 Å². The molecule has 0 saturated carbocycles. The number of fused-ring (bicyclic) bond motifs is 2. The van der Waals surface area contributed by atoms with Crippen LogP contribution in [-0.2, 0) is 26.4 Å². The first-order valence-corrected chi connectivity index (χ1v) is 16.6. The molecule has 0 aliphatic rings. The zero-order chi connectivity index (χ0) is 34.8. The first kappa shape index (κ1) is 33.0. The molecule has 0 atom stereocenters. The van der Waals surface area contributed by atoms with Gasteiger partial charge in [-0.3, -0.25) is 4.79 Å². The largest absolute Gasteiger partial charge is 0.493 e. The molecule has 1 heterocycles. The number of ether oxygens (including phenoxy) is 5. The molecule has 0 amide bonds. The number of rotatable bonds is 14. The summed E-state index contributed by atoms with van der Waals surface area (Å²) >= 11 is 0.